The van der Waals surface area contributed by atoms with Crippen LogP contribution in [0.4, 0.5) is 4.79 Å². The van der Waals surface area contributed by atoms with Crippen LogP contribution < -0.4 is 5.32 Å². The highest BCUT2D eigenvalue weighted by Gasteiger charge is 2.27. The summed E-state index contributed by atoms with van der Waals surface area (Å²) in [6, 6.07) is 5.87. The van der Waals surface area contributed by atoms with Crippen LogP contribution in [0, 0.1) is 0 Å². The Kier molecular flexibility index (Phi) is 6.89. The van der Waals surface area contributed by atoms with Gasteiger partial charge in [-0.05, 0) is 61.4 Å². The van der Waals surface area contributed by atoms with Crippen molar-refractivity contribution in [1.82, 2.24) is 15.1 Å². The lowest BCUT2D eigenvalue weighted by atomic mass is 9.91. The first-order valence-electron chi connectivity index (χ1n) is 9.78. The van der Waals surface area contributed by atoms with E-state index in [1.165, 1.54) is 5.57 Å². The van der Waals surface area contributed by atoms with E-state index in [1.54, 1.807) is 17.9 Å². The van der Waals surface area contributed by atoms with Crippen LogP contribution >= 0.6 is 23.2 Å². The maximum Gasteiger partial charge on any atom is 0.317 e. The zero-order valence-electron chi connectivity index (χ0n) is 16.4. The van der Waals surface area contributed by atoms with Crippen molar-refractivity contribution >= 4 is 40.7 Å². The lowest BCUT2D eigenvalue weighted by Gasteiger charge is -2.37. The summed E-state index contributed by atoms with van der Waals surface area (Å²) in [7, 11) is 1.85. The highest BCUT2D eigenvalue weighted by atomic mass is 35.5. The van der Waals surface area contributed by atoms with Gasteiger partial charge >= 0.3 is 6.03 Å². The van der Waals surface area contributed by atoms with Gasteiger partial charge in [-0.1, -0.05) is 29.3 Å². The Morgan fingerprint density at radius 3 is 2.29 bits per heavy atom. The molecule has 1 N–H and O–H groups in total. The van der Waals surface area contributed by atoms with E-state index in [2.05, 4.69) is 11.4 Å². The Bertz CT molecular complexity index is 753. The van der Waals surface area contributed by atoms with Gasteiger partial charge in [-0.2, -0.15) is 0 Å². The average Bonchev–Trinajstić information content (AvgIpc) is 2.67. The number of halogens is 2. The standard InChI is InChI=1S/C21H27Cl2N3O2/c1-14(27)26-9-7-20(8-10-26)25(2)21(28)24-19-5-3-15(4-6-19)16-11-17(22)13-18(23)12-16/h3,11-13,19-20H,4-10H2,1-2H3,(H,24,28). The van der Waals surface area contributed by atoms with Crippen molar-refractivity contribution in [3.63, 3.8) is 0 Å². The van der Waals surface area contributed by atoms with E-state index in [-0.39, 0.29) is 24.0 Å². The van der Waals surface area contributed by atoms with E-state index in [0.29, 0.717) is 10.0 Å². The number of nitrogens with zero attached hydrogens (tertiary/aromatic N) is 2. The Morgan fingerprint density at radius 1 is 1.11 bits per heavy atom. The first-order valence-corrected chi connectivity index (χ1v) is 10.5. The molecule has 1 aromatic rings. The van der Waals surface area contributed by atoms with Crippen molar-refractivity contribution in [2.75, 3.05) is 20.1 Å². The quantitative estimate of drug-likeness (QED) is 0.772. The van der Waals surface area contributed by atoms with Crippen LogP contribution in [0.25, 0.3) is 5.57 Å². The molecule has 7 heteroatoms. The molecule has 0 aromatic heterocycles. The number of carbonyl (C=O) groups excluding carboxylic acids is 2. The van der Waals surface area contributed by atoms with Crippen LogP contribution in [0.2, 0.25) is 10.0 Å². The van der Waals surface area contributed by atoms with E-state index in [1.807, 2.05) is 24.1 Å². The molecule has 0 radical (unpaired) electrons. The van der Waals surface area contributed by atoms with Gasteiger partial charge < -0.3 is 15.1 Å². The molecule has 3 amide bonds. The number of urea groups is 1. The van der Waals surface area contributed by atoms with Crippen LogP contribution in [0.1, 0.15) is 44.6 Å². The van der Waals surface area contributed by atoms with E-state index < -0.39 is 0 Å². The topological polar surface area (TPSA) is 52.7 Å². The second-order valence-corrected chi connectivity index (χ2v) is 8.53. The van der Waals surface area contributed by atoms with Gasteiger partial charge in [0.1, 0.15) is 0 Å². The molecule has 1 fully saturated rings. The smallest absolute Gasteiger partial charge is 0.317 e. The molecular weight excluding hydrogens is 397 g/mol. The highest BCUT2D eigenvalue weighted by molar-refractivity contribution is 6.34. The summed E-state index contributed by atoms with van der Waals surface area (Å²) in [5, 5.41) is 4.43. The van der Waals surface area contributed by atoms with Crippen molar-refractivity contribution in [3.8, 4) is 0 Å². The van der Waals surface area contributed by atoms with Crippen LogP contribution in [0.15, 0.2) is 24.3 Å². The molecule has 152 valence electrons. The fourth-order valence-electron chi connectivity index (χ4n) is 3.98. The van der Waals surface area contributed by atoms with Crippen LogP contribution in [-0.2, 0) is 4.79 Å². The molecule has 0 bridgehead atoms. The Balaban J connectivity index is 1.52. The number of rotatable bonds is 3. The molecule has 1 heterocycles. The summed E-state index contributed by atoms with van der Waals surface area (Å²) in [6.07, 6.45) is 6.38. The minimum atomic E-state index is -0.0334. The maximum atomic E-state index is 12.6. The summed E-state index contributed by atoms with van der Waals surface area (Å²) in [6.45, 7) is 3.03. The average molecular weight is 424 g/mol. The van der Waals surface area contributed by atoms with Crippen molar-refractivity contribution < 1.29 is 9.59 Å². The van der Waals surface area contributed by atoms with E-state index in [0.717, 1.165) is 50.8 Å². The summed E-state index contributed by atoms with van der Waals surface area (Å²) >= 11 is 12.2. The van der Waals surface area contributed by atoms with E-state index in [9.17, 15) is 9.59 Å². The number of likely N-dealkylation sites (tertiary alicyclic amines) is 1. The third kappa shape index (κ3) is 5.21. The van der Waals surface area contributed by atoms with Gasteiger partial charge in [-0.25, -0.2) is 4.79 Å². The van der Waals surface area contributed by atoms with Gasteiger partial charge in [0, 0.05) is 49.2 Å². The Morgan fingerprint density at radius 2 is 1.75 bits per heavy atom. The van der Waals surface area contributed by atoms with Crippen LogP contribution in [-0.4, -0.2) is 54.0 Å². The zero-order valence-corrected chi connectivity index (χ0v) is 17.9. The molecule has 1 saturated heterocycles. The third-order valence-electron chi connectivity index (χ3n) is 5.75. The number of hydrogen-bond donors (Lipinski definition) is 1. The zero-order chi connectivity index (χ0) is 20.3. The molecule has 1 aliphatic carbocycles. The van der Waals surface area contributed by atoms with E-state index >= 15 is 0 Å². The molecule has 0 spiro atoms. The van der Waals surface area contributed by atoms with Crippen LogP contribution in [0.3, 0.4) is 0 Å². The monoisotopic (exact) mass is 423 g/mol. The molecular formula is C21H27Cl2N3O2. The highest BCUT2D eigenvalue weighted by Crippen LogP contribution is 2.31. The van der Waals surface area contributed by atoms with E-state index in [4.69, 9.17) is 23.2 Å². The molecule has 28 heavy (non-hydrogen) atoms. The molecule has 1 aromatic carbocycles. The minimum Gasteiger partial charge on any atom is -0.343 e. The number of allylic oxidation sites excluding steroid dienone is 1. The van der Waals surface area contributed by atoms with Gasteiger partial charge in [0.15, 0.2) is 0 Å². The Labute approximate surface area is 176 Å². The first-order chi connectivity index (χ1) is 13.3. The third-order valence-corrected chi connectivity index (χ3v) is 6.19. The summed E-state index contributed by atoms with van der Waals surface area (Å²) in [5.41, 5.74) is 2.27. The van der Waals surface area contributed by atoms with Crippen molar-refractivity contribution in [2.24, 2.45) is 0 Å². The molecule has 1 unspecified atom stereocenters. The molecule has 3 rings (SSSR count). The van der Waals surface area contributed by atoms with Crippen molar-refractivity contribution in [1.29, 1.82) is 0 Å². The summed E-state index contributed by atoms with van der Waals surface area (Å²) < 4.78 is 0. The number of carbonyl (C=O) groups is 2. The Hall–Kier alpha value is -1.72. The van der Waals surface area contributed by atoms with Crippen molar-refractivity contribution in [2.45, 2.75) is 51.1 Å². The first kappa shape index (κ1) is 21.0. The largest absolute Gasteiger partial charge is 0.343 e. The number of amides is 3. The molecule has 2 aliphatic rings. The van der Waals surface area contributed by atoms with Gasteiger partial charge in [-0.15, -0.1) is 0 Å². The lowest BCUT2D eigenvalue weighted by molar-refractivity contribution is -0.130. The van der Waals surface area contributed by atoms with Gasteiger partial charge in [0.05, 0.1) is 0 Å². The van der Waals surface area contributed by atoms with Crippen molar-refractivity contribution in [3.05, 3.63) is 39.9 Å². The summed E-state index contributed by atoms with van der Waals surface area (Å²) in [4.78, 5) is 27.7. The minimum absolute atomic E-state index is 0.0334. The number of nitrogens with one attached hydrogen (secondary N) is 1. The van der Waals surface area contributed by atoms with Gasteiger partial charge in [-0.3, -0.25) is 4.79 Å². The predicted molar refractivity (Wildman–Crippen MR) is 114 cm³/mol. The maximum absolute atomic E-state index is 12.6. The summed E-state index contributed by atoms with van der Waals surface area (Å²) in [5.74, 6) is 0.108. The normalized spacial score (nSPS) is 20.5. The number of benzene rings is 1. The number of hydrogen-bond acceptors (Lipinski definition) is 2. The molecule has 1 atom stereocenters. The molecule has 1 aliphatic heterocycles. The predicted octanol–water partition coefficient (Wildman–Crippen LogP) is 4.58. The molecule has 5 nitrogen and oxygen atoms in total. The van der Waals surface area contributed by atoms with Gasteiger partial charge in [0.2, 0.25) is 5.91 Å². The van der Waals surface area contributed by atoms with Gasteiger partial charge in [0.25, 0.3) is 0 Å². The fraction of sp³-hybridized carbons (Fsp3) is 0.524. The fourth-order valence-corrected chi connectivity index (χ4v) is 4.50. The lowest BCUT2D eigenvalue weighted by Crippen LogP contribution is -2.51. The number of piperidine rings is 1. The SMILES string of the molecule is CC(=O)N1CCC(N(C)C(=O)NC2CC=C(c3cc(Cl)cc(Cl)c3)CC2)CC1. The molecule has 0 saturated carbocycles. The van der Waals surface area contributed by atoms with Crippen LogP contribution in [0.5, 0.6) is 0 Å². The second-order valence-electron chi connectivity index (χ2n) is 7.66. The second kappa shape index (κ2) is 9.19.